The summed E-state index contributed by atoms with van der Waals surface area (Å²) in [6.07, 6.45) is 0. The van der Waals surface area contributed by atoms with Crippen LogP contribution in [0.1, 0.15) is 26.6 Å². The van der Waals surface area contributed by atoms with Crippen molar-refractivity contribution in [3.05, 3.63) is 81.3 Å². The van der Waals surface area contributed by atoms with E-state index < -0.39 is 17.5 Å². The number of carbonyl (C=O) groups is 1. The molecule has 3 nitrogen and oxygen atoms in total. The van der Waals surface area contributed by atoms with Crippen LogP contribution in [0.25, 0.3) is 0 Å². The Morgan fingerprint density at radius 3 is 2.64 bits per heavy atom. The van der Waals surface area contributed by atoms with Crippen LogP contribution in [0.3, 0.4) is 0 Å². The lowest BCUT2D eigenvalue weighted by Crippen LogP contribution is -2.15. The minimum Gasteiger partial charge on any atom is -0.319 e. The number of nitrogens with zero attached hydrogens (tertiary/aromatic N) is 1. The SMILES string of the molecule is Cc1nc(C#Cc2ccc(F)c(C(=O)Nc3ccccc3F)c2)cs1. The summed E-state index contributed by atoms with van der Waals surface area (Å²) in [6.45, 7) is 1.87. The largest absolute Gasteiger partial charge is 0.319 e. The summed E-state index contributed by atoms with van der Waals surface area (Å²) in [7, 11) is 0. The van der Waals surface area contributed by atoms with Crippen LogP contribution < -0.4 is 5.32 Å². The van der Waals surface area contributed by atoms with E-state index in [2.05, 4.69) is 22.1 Å². The van der Waals surface area contributed by atoms with E-state index in [9.17, 15) is 13.6 Å². The van der Waals surface area contributed by atoms with Gasteiger partial charge in [0, 0.05) is 10.9 Å². The molecular formula is C19H12F2N2OS. The lowest BCUT2D eigenvalue weighted by atomic mass is 10.1. The quantitative estimate of drug-likeness (QED) is 0.694. The highest BCUT2D eigenvalue weighted by molar-refractivity contribution is 7.09. The van der Waals surface area contributed by atoms with Crippen molar-refractivity contribution in [1.29, 1.82) is 0 Å². The highest BCUT2D eigenvalue weighted by Crippen LogP contribution is 2.16. The summed E-state index contributed by atoms with van der Waals surface area (Å²) in [5.41, 5.74) is 0.862. The molecule has 0 spiro atoms. The third-order valence-corrected chi connectivity index (χ3v) is 4.06. The second-order valence-electron chi connectivity index (χ2n) is 5.13. The molecule has 0 aliphatic rings. The third-order valence-electron chi connectivity index (χ3n) is 3.29. The first-order valence-corrected chi connectivity index (χ1v) is 8.20. The molecule has 1 amide bonds. The first-order chi connectivity index (χ1) is 12.0. The number of amides is 1. The molecule has 0 bridgehead atoms. The van der Waals surface area contributed by atoms with Crippen LogP contribution in [0.15, 0.2) is 47.8 Å². The molecule has 3 rings (SSSR count). The van der Waals surface area contributed by atoms with Crippen molar-refractivity contribution >= 4 is 22.9 Å². The van der Waals surface area contributed by atoms with Gasteiger partial charge in [-0.2, -0.15) is 0 Å². The minimum atomic E-state index is -0.740. The first-order valence-electron chi connectivity index (χ1n) is 7.32. The van der Waals surface area contributed by atoms with Crippen LogP contribution in [0.5, 0.6) is 0 Å². The van der Waals surface area contributed by atoms with Crippen molar-refractivity contribution in [3.8, 4) is 11.8 Å². The fourth-order valence-electron chi connectivity index (χ4n) is 2.09. The number of thiazole rings is 1. The van der Waals surface area contributed by atoms with Crippen LogP contribution in [-0.2, 0) is 0 Å². The van der Waals surface area contributed by atoms with Crippen molar-refractivity contribution in [2.75, 3.05) is 5.32 Å². The van der Waals surface area contributed by atoms with Crippen LogP contribution in [0, 0.1) is 30.4 Å². The third kappa shape index (κ3) is 4.08. The Morgan fingerprint density at radius 1 is 1.12 bits per heavy atom. The van der Waals surface area contributed by atoms with Crippen molar-refractivity contribution in [2.45, 2.75) is 6.92 Å². The summed E-state index contributed by atoms with van der Waals surface area (Å²) in [6, 6.07) is 9.66. The molecule has 0 radical (unpaired) electrons. The van der Waals surface area contributed by atoms with Gasteiger partial charge in [0.25, 0.3) is 5.91 Å². The predicted molar refractivity (Wildman–Crippen MR) is 93.6 cm³/mol. The Morgan fingerprint density at radius 2 is 1.92 bits per heavy atom. The maximum Gasteiger partial charge on any atom is 0.258 e. The summed E-state index contributed by atoms with van der Waals surface area (Å²) >= 11 is 1.48. The molecule has 0 fully saturated rings. The standard InChI is InChI=1S/C19H12F2N2OS/c1-12-22-14(11-25-12)8-6-13-7-9-16(20)15(10-13)19(24)23-18-5-3-2-4-17(18)21/h2-5,7,9-11H,1H3,(H,23,24). The Labute approximate surface area is 147 Å². The molecule has 2 aromatic carbocycles. The Bertz CT molecular complexity index is 1000. The average molecular weight is 354 g/mol. The summed E-state index contributed by atoms with van der Waals surface area (Å²) in [5, 5.41) is 5.07. The summed E-state index contributed by atoms with van der Waals surface area (Å²) in [5.74, 6) is 3.67. The zero-order valence-corrected chi connectivity index (χ0v) is 14.0. The monoisotopic (exact) mass is 354 g/mol. The Balaban J connectivity index is 1.85. The van der Waals surface area contributed by atoms with E-state index in [-0.39, 0.29) is 11.3 Å². The highest BCUT2D eigenvalue weighted by atomic mass is 32.1. The van der Waals surface area contributed by atoms with Gasteiger partial charge in [-0.05, 0) is 43.2 Å². The molecule has 1 aromatic heterocycles. The molecule has 0 aliphatic heterocycles. The number of anilines is 1. The van der Waals surface area contributed by atoms with Crippen molar-refractivity contribution < 1.29 is 13.6 Å². The van der Waals surface area contributed by atoms with Gasteiger partial charge in [-0.15, -0.1) is 11.3 Å². The molecule has 1 heterocycles. The Kier molecular flexibility index (Phi) is 4.87. The van der Waals surface area contributed by atoms with Crippen LogP contribution in [-0.4, -0.2) is 10.9 Å². The second-order valence-corrected chi connectivity index (χ2v) is 6.19. The van der Waals surface area contributed by atoms with Crippen molar-refractivity contribution in [1.82, 2.24) is 4.98 Å². The molecular weight excluding hydrogens is 342 g/mol. The zero-order valence-electron chi connectivity index (χ0n) is 13.1. The number of hydrogen-bond acceptors (Lipinski definition) is 3. The van der Waals surface area contributed by atoms with Crippen LogP contribution in [0.2, 0.25) is 0 Å². The van der Waals surface area contributed by atoms with E-state index in [1.807, 2.05) is 12.3 Å². The number of rotatable bonds is 2. The van der Waals surface area contributed by atoms with Gasteiger partial charge in [-0.3, -0.25) is 4.79 Å². The number of aryl methyl sites for hydroxylation is 1. The minimum absolute atomic E-state index is 0.0127. The smallest absolute Gasteiger partial charge is 0.258 e. The summed E-state index contributed by atoms with van der Waals surface area (Å²) < 4.78 is 27.6. The number of hydrogen-bond donors (Lipinski definition) is 1. The molecule has 0 saturated heterocycles. The highest BCUT2D eigenvalue weighted by Gasteiger charge is 2.14. The molecule has 25 heavy (non-hydrogen) atoms. The maximum absolute atomic E-state index is 14.0. The van der Waals surface area contributed by atoms with Gasteiger partial charge in [0.15, 0.2) is 0 Å². The molecule has 3 aromatic rings. The maximum atomic E-state index is 14.0. The molecule has 0 saturated carbocycles. The van der Waals surface area contributed by atoms with E-state index in [0.29, 0.717) is 11.3 Å². The van der Waals surface area contributed by atoms with Gasteiger partial charge in [0.2, 0.25) is 0 Å². The number of halogens is 2. The van der Waals surface area contributed by atoms with Crippen LogP contribution in [0.4, 0.5) is 14.5 Å². The zero-order chi connectivity index (χ0) is 17.8. The topological polar surface area (TPSA) is 42.0 Å². The lowest BCUT2D eigenvalue weighted by Gasteiger charge is -2.07. The summed E-state index contributed by atoms with van der Waals surface area (Å²) in [4.78, 5) is 16.5. The molecule has 1 N–H and O–H groups in total. The number of benzene rings is 2. The number of nitrogens with one attached hydrogen (secondary N) is 1. The Hall–Kier alpha value is -3.04. The normalized spacial score (nSPS) is 10.0. The molecule has 0 aliphatic carbocycles. The molecule has 0 unspecified atom stereocenters. The number of aromatic nitrogens is 1. The van der Waals surface area contributed by atoms with Gasteiger partial charge in [-0.25, -0.2) is 13.8 Å². The van der Waals surface area contributed by atoms with Crippen molar-refractivity contribution in [2.24, 2.45) is 0 Å². The van der Waals surface area contributed by atoms with Gasteiger partial charge >= 0.3 is 0 Å². The fraction of sp³-hybridized carbons (Fsp3) is 0.0526. The van der Waals surface area contributed by atoms with Gasteiger partial charge < -0.3 is 5.32 Å². The number of carbonyl (C=O) groups excluding carboxylic acids is 1. The van der Waals surface area contributed by atoms with Gasteiger partial charge in [0.1, 0.15) is 17.3 Å². The van der Waals surface area contributed by atoms with Crippen LogP contribution >= 0.6 is 11.3 Å². The van der Waals surface area contributed by atoms with Crippen molar-refractivity contribution in [3.63, 3.8) is 0 Å². The molecule has 124 valence electrons. The molecule has 0 atom stereocenters. The average Bonchev–Trinajstić information content (AvgIpc) is 3.01. The van der Waals surface area contributed by atoms with Gasteiger partial charge in [-0.1, -0.05) is 18.1 Å². The fourth-order valence-corrected chi connectivity index (χ4v) is 2.63. The van der Waals surface area contributed by atoms with Gasteiger partial charge in [0.05, 0.1) is 16.3 Å². The van der Waals surface area contributed by atoms with E-state index in [4.69, 9.17) is 0 Å². The van der Waals surface area contributed by atoms with E-state index >= 15 is 0 Å². The molecule has 6 heteroatoms. The first kappa shape index (κ1) is 16.8. The predicted octanol–water partition coefficient (Wildman–Crippen LogP) is 4.38. The van der Waals surface area contributed by atoms with E-state index in [1.165, 1.54) is 41.7 Å². The van der Waals surface area contributed by atoms with E-state index in [1.54, 1.807) is 6.07 Å². The van der Waals surface area contributed by atoms with E-state index in [0.717, 1.165) is 11.1 Å². The number of para-hydroxylation sites is 1. The second kappa shape index (κ2) is 7.24. The lowest BCUT2D eigenvalue weighted by molar-refractivity contribution is 0.102.